The number of carbonyl (C=O) groups is 1. The number of rotatable bonds is 9. The second-order valence-corrected chi connectivity index (χ2v) is 7.93. The summed E-state index contributed by atoms with van der Waals surface area (Å²) in [5, 5.41) is 12.1. The summed E-state index contributed by atoms with van der Waals surface area (Å²) < 4.78 is 12.5. The lowest BCUT2D eigenvalue weighted by molar-refractivity contribution is -0.120. The average molecular weight is 427 g/mol. The number of methoxy groups -OCH3 is 2. The molecule has 0 aliphatic heterocycles. The normalized spacial score (nSPS) is 11.7. The van der Waals surface area contributed by atoms with Crippen molar-refractivity contribution in [3.63, 3.8) is 0 Å². The van der Waals surface area contributed by atoms with Crippen molar-refractivity contribution in [1.82, 2.24) is 20.1 Å². The smallest absolute Gasteiger partial charge is 0.233 e. The van der Waals surface area contributed by atoms with Gasteiger partial charge in [0.1, 0.15) is 11.5 Å². The number of ether oxygens (including phenoxy) is 2. The minimum Gasteiger partial charge on any atom is -0.497 e. The number of benzene rings is 2. The van der Waals surface area contributed by atoms with Crippen molar-refractivity contribution in [3.8, 4) is 28.6 Å². The van der Waals surface area contributed by atoms with Crippen LogP contribution in [0.25, 0.3) is 17.1 Å². The van der Waals surface area contributed by atoms with Crippen LogP contribution in [0.3, 0.4) is 0 Å². The SMILES string of the molecule is CCCNC(=O)[C@H](C)Sc1nnc(-c2ccc(OC)cc2)n1-c1ccc(OC)cc1. The van der Waals surface area contributed by atoms with Gasteiger partial charge in [-0.3, -0.25) is 9.36 Å². The van der Waals surface area contributed by atoms with E-state index in [0.29, 0.717) is 17.5 Å². The molecule has 2 aromatic carbocycles. The van der Waals surface area contributed by atoms with E-state index < -0.39 is 0 Å². The van der Waals surface area contributed by atoms with Crippen LogP contribution in [0.5, 0.6) is 11.5 Å². The molecule has 3 aromatic rings. The van der Waals surface area contributed by atoms with Crippen LogP contribution in [0.1, 0.15) is 20.3 Å². The maximum absolute atomic E-state index is 12.4. The number of carbonyl (C=O) groups excluding carboxylic acids is 1. The minimum absolute atomic E-state index is 0.0165. The molecule has 1 heterocycles. The Morgan fingerprint density at radius 2 is 1.63 bits per heavy atom. The number of hydrogen-bond acceptors (Lipinski definition) is 6. The van der Waals surface area contributed by atoms with Crippen molar-refractivity contribution in [2.75, 3.05) is 20.8 Å². The first kappa shape index (κ1) is 21.7. The van der Waals surface area contributed by atoms with Crippen molar-refractivity contribution in [2.24, 2.45) is 0 Å². The molecule has 0 fully saturated rings. The predicted octanol–water partition coefficient (Wildman–Crippen LogP) is 3.96. The maximum Gasteiger partial charge on any atom is 0.233 e. The third-order valence-electron chi connectivity index (χ3n) is 4.51. The molecule has 1 atom stereocenters. The molecule has 0 unspecified atom stereocenters. The zero-order valence-electron chi connectivity index (χ0n) is 17.6. The number of thioether (sulfide) groups is 1. The summed E-state index contributed by atoms with van der Waals surface area (Å²) in [6, 6.07) is 15.3. The highest BCUT2D eigenvalue weighted by atomic mass is 32.2. The Hall–Kier alpha value is -3.00. The average Bonchev–Trinajstić information content (AvgIpc) is 3.20. The lowest BCUT2D eigenvalue weighted by Gasteiger charge is -2.14. The topological polar surface area (TPSA) is 78.3 Å². The summed E-state index contributed by atoms with van der Waals surface area (Å²) in [7, 11) is 3.27. The number of aromatic nitrogens is 3. The summed E-state index contributed by atoms with van der Waals surface area (Å²) >= 11 is 1.38. The first-order valence-electron chi connectivity index (χ1n) is 9.76. The molecule has 0 saturated heterocycles. The molecule has 8 heteroatoms. The minimum atomic E-state index is -0.304. The summed E-state index contributed by atoms with van der Waals surface area (Å²) in [6.45, 7) is 4.56. The first-order valence-corrected chi connectivity index (χ1v) is 10.6. The molecule has 0 bridgehead atoms. The number of nitrogens with zero attached hydrogens (tertiary/aromatic N) is 3. The molecule has 30 heavy (non-hydrogen) atoms. The summed E-state index contributed by atoms with van der Waals surface area (Å²) in [5.74, 6) is 2.20. The van der Waals surface area contributed by atoms with Gasteiger partial charge in [-0.15, -0.1) is 10.2 Å². The lowest BCUT2D eigenvalue weighted by Crippen LogP contribution is -2.31. The molecule has 3 rings (SSSR count). The van der Waals surface area contributed by atoms with Crippen molar-refractivity contribution in [3.05, 3.63) is 48.5 Å². The van der Waals surface area contributed by atoms with E-state index in [0.717, 1.165) is 29.2 Å². The Balaban J connectivity index is 1.99. The van der Waals surface area contributed by atoms with E-state index in [4.69, 9.17) is 9.47 Å². The molecule has 1 aromatic heterocycles. The van der Waals surface area contributed by atoms with Gasteiger partial charge in [-0.05, 0) is 61.9 Å². The van der Waals surface area contributed by atoms with Crippen molar-refractivity contribution in [2.45, 2.75) is 30.7 Å². The fourth-order valence-corrected chi connectivity index (χ4v) is 3.73. The molecule has 0 spiro atoms. The van der Waals surface area contributed by atoms with Crippen LogP contribution in [0.15, 0.2) is 53.7 Å². The van der Waals surface area contributed by atoms with Crippen molar-refractivity contribution in [1.29, 1.82) is 0 Å². The van der Waals surface area contributed by atoms with Crippen LogP contribution >= 0.6 is 11.8 Å². The number of hydrogen-bond donors (Lipinski definition) is 1. The van der Waals surface area contributed by atoms with Gasteiger partial charge in [-0.25, -0.2) is 0 Å². The largest absolute Gasteiger partial charge is 0.497 e. The quantitative estimate of drug-likeness (QED) is 0.522. The van der Waals surface area contributed by atoms with Crippen LogP contribution in [0.4, 0.5) is 0 Å². The highest BCUT2D eigenvalue weighted by Gasteiger charge is 2.21. The predicted molar refractivity (Wildman–Crippen MR) is 119 cm³/mol. The Kier molecular flexibility index (Phi) is 7.35. The number of nitrogens with one attached hydrogen (secondary N) is 1. The van der Waals surface area contributed by atoms with E-state index in [-0.39, 0.29) is 11.2 Å². The fourth-order valence-electron chi connectivity index (χ4n) is 2.84. The molecule has 0 aliphatic carbocycles. The Morgan fingerprint density at radius 3 is 2.20 bits per heavy atom. The highest BCUT2D eigenvalue weighted by molar-refractivity contribution is 8.00. The Morgan fingerprint density at radius 1 is 1.03 bits per heavy atom. The molecule has 0 saturated carbocycles. The van der Waals surface area contributed by atoms with Gasteiger partial charge in [0.15, 0.2) is 11.0 Å². The Bertz CT molecular complexity index is 971. The van der Waals surface area contributed by atoms with Gasteiger partial charge in [0, 0.05) is 17.8 Å². The van der Waals surface area contributed by atoms with E-state index in [2.05, 4.69) is 15.5 Å². The van der Waals surface area contributed by atoms with Gasteiger partial charge < -0.3 is 14.8 Å². The van der Waals surface area contributed by atoms with E-state index in [1.165, 1.54) is 11.8 Å². The van der Waals surface area contributed by atoms with Gasteiger partial charge >= 0.3 is 0 Å². The molecule has 7 nitrogen and oxygen atoms in total. The van der Waals surface area contributed by atoms with Gasteiger partial charge in [-0.1, -0.05) is 18.7 Å². The molecule has 0 aliphatic rings. The van der Waals surface area contributed by atoms with Crippen LogP contribution in [0, 0.1) is 0 Å². The molecule has 158 valence electrons. The second kappa shape index (κ2) is 10.2. The third-order valence-corrected chi connectivity index (χ3v) is 5.56. The van der Waals surface area contributed by atoms with Crippen LogP contribution in [-0.4, -0.2) is 46.7 Å². The summed E-state index contributed by atoms with van der Waals surface area (Å²) in [4.78, 5) is 12.4. The molecule has 1 amide bonds. The molecule has 1 N–H and O–H groups in total. The van der Waals surface area contributed by atoms with Crippen LogP contribution < -0.4 is 14.8 Å². The van der Waals surface area contributed by atoms with E-state index >= 15 is 0 Å². The molecule has 0 radical (unpaired) electrons. The zero-order valence-corrected chi connectivity index (χ0v) is 18.4. The van der Waals surface area contributed by atoms with E-state index in [9.17, 15) is 4.79 Å². The molecular formula is C22H26N4O3S. The first-order chi connectivity index (χ1) is 14.6. The zero-order chi connectivity index (χ0) is 21.5. The molecular weight excluding hydrogens is 400 g/mol. The summed E-state index contributed by atoms with van der Waals surface area (Å²) in [6.07, 6.45) is 0.896. The van der Waals surface area contributed by atoms with Gasteiger partial charge in [-0.2, -0.15) is 0 Å². The monoisotopic (exact) mass is 426 g/mol. The van der Waals surface area contributed by atoms with Gasteiger partial charge in [0.05, 0.1) is 19.5 Å². The standard InChI is InChI=1S/C22H26N4O3S/c1-5-14-23-21(27)15(2)30-22-25-24-20(16-6-10-18(28-3)11-7-16)26(22)17-8-12-19(29-4)13-9-17/h6-13,15H,5,14H2,1-4H3,(H,23,27)/t15-/m0/s1. The Labute approximate surface area is 180 Å². The van der Waals surface area contributed by atoms with E-state index in [1.54, 1.807) is 14.2 Å². The summed E-state index contributed by atoms with van der Waals surface area (Å²) in [5.41, 5.74) is 1.78. The van der Waals surface area contributed by atoms with Crippen molar-refractivity contribution < 1.29 is 14.3 Å². The lowest BCUT2D eigenvalue weighted by atomic mass is 10.2. The fraction of sp³-hybridized carbons (Fsp3) is 0.318. The van der Waals surface area contributed by atoms with Gasteiger partial charge in [0.2, 0.25) is 5.91 Å². The maximum atomic E-state index is 12.4. The second-order valence-electron chi connectivity index (χ2n) is 6.62. The van der Waals surface area contributed by atoms with Gasteiger partial charge in [0.25, 0.3) is 0 Å². The van der Waals surface area contributed by atoms with E-state index in [1.807, 2.05) is 66.9 Å². The van der Waals surface area contributed by atoms with Crippen LogP contribution in [0.2, 0.25) is 0 Å². The highest BCUT2D eigenvalue weighted by Crippen LogP contribution is 2.31. The van der Waals surface area contributed by atoms with Crippen molar-refractivity contribution >= 4 is 17.7 Å². The van der Waals surface area contributed by atoms with Crippen LogP contribution in [-0.2, 0) is 4.79 Å². The number of amides is 1. The third kappa shape index (κ3) is 4.94.